The van der Waals surface area contributed by atoms with E-state index in [1.54, 1.807) is 6.07 Å². The maximum Gasteiger partial charge on any atom is 0.167 e. The van der Waals surface area contributed by atoms with Gasteiger partial charge in [0.1, 0.15) is 0 Å². The first-order valence-corrected chi connectivity index (χ1v) is 7.79. The summed E-state index contributed by atoms with van der Waals surface area (Å²) in [5.41, 5.74) is 7.73. The van der Waals surface area contributed by atoms with E-state index in [4.69, 9.17) is 10.5 Å². The number of nitrogen functional groups attached to an aromatic ring is 1. The van der Waals surface area contributed by atoms with Crippen molar-refractivity contribution in [1.29, 1.82) is 0 Å². The summed E-state index contributed by atoms with van der Waals surface area (Å²) in [6, 6.07) is 3.11. The number of piperidine rings is 1. The van der Waals surface area contributed by atoms with E-state index in [0.29, 0.717) is 23.5 Å². The smallest absolute Gasteiger partial charge is 0.167 e. The van der Waals surface area contributed by atoms with Gasteiger partial charge in [-0.25, -0.2) is 4.39 Å². The second-order valence-corrected chi connectivity index (χ2v) is 6.90. The van der Waals surface area contributed by atoms with Gasteiger partial charge in [-0.3, -0.25) is 0 Å². The number of hydrogen-bond acceptors (Lipinski definition) is 3. The van der Waals surface area contributed by atoms with Crippen LogP contribution < -0.4 is 15.4 Å². The Morgan fingerprint density at radius 2 is 1.90 bits per heavy atom. The average molecular weight is 294 g/mol. The molecule has 1 aliphatic rings. The van der Waals surface area contributed by atoms with Crippen LogP contribution in [0.4, 0.5) is 15.8 Å². The van der Waals surface area contributed by atoms with Crippen molar-refractivity contribution in [3.05, 3.63) is 17.9 Å². The van der Waals surface area contributed by atoms with Crippen molar-refractivity contribution in [3.8, 4) is 5.75 Å². The van der Waals surface area contributed by atoms with E-state index in [0.717, 1.165) is 37.5 Å². The molecule has 2 N–H and O–H groups in total. The van der Waals surface area contributed by atoms with Gasteiger partial charge in [0.2, 0.25) is 0 Å². The number of hydrogen-bond donors (Lipinski definition) is 1. The Kier molecular flexibility index (Phi) is 4.64. The minimum atomic E-state index is -0.386. The highest BCUT2D eigenvalue weighted by atomic mass is 19.1. The Hall–Kier alpha value is -1.45. The van der Waals surface area contributed by atoms with Crippen LogP contribution in [-0.4, -0.2) is 19.7 Å². The van der Waals surface area contributed by atoms with E-state index in [1.807, 2.05) is 6.92 Å². The molecule has 4 heteroatoms. The van der Waals surface area contributed by atoms with Crippen molar-refractivity contribution in [2.45, 2.75) is 40.5 Å². The minimum Gasteiger partial charge on any atom is -0.491 e. The van der Waals surface area contributed by atoms with Gasteiger partial charge in [0.05, 0.1) is 18.0 Å². The predicted molar refractivity (Wildman–Crippen MR) is 86.4 cm³/mol. The minimum absolute atomic E-state index is 0.291. The van der Waals surface area contributed by atoms with Gasteiger partial charge in [-0.2, -0.15) is 0 Å². The van der Waals surface area contributed by atoms with Crippen LogP contribution in [0.2, 0.25) is 0 Å². The monoisotopic (exact) mass is 294 g/mol. The normalized spacial score (nSPS) is 17.1. The highest BCUT2D eigenvalue weighted by molar-refractivity contribution is 5.70. The average Bonchev–Trinajstić information content (AvgIpc) is 2.41. The van der Waals surface area contributed by atoms with Crippen LogP contribution >= 0.6 is 0 Å². The molecule has 1 aromatic carbocycles. The lowest BCUT2D eigenvalue weighted by Crippen LogP contribution is -2.38. The number of nitrogens with zero attached hydrogens (tertiary/aromatic N) is 1. The molecule has 0 amide bonds. The maximum atomic E-state index is 13.8. The van der Waals surface area contributed by atoms with Crippen molar-refractivity contribution in [1.82, 2.24) is 0 Å². The van der Waals surface area contributed by atoms with E-state index in [2.05, 4.69) is 25.7 Å². The Morgan fingerprint density at radius 1 is 1.29 bits per heavy atom. The Morgan fingerprint density at radius 3 is 2.43 bits per heavy atom. The SMILES string of the molecule is CCOc1cc(N2CCC(C(C)(C)C)CC2)c(N)cc1F. The standard InChI is InChI=1S/C17H27FN2O/c1-5-21-16-11-15(14(19)10-13(16)18)20-8-6-12(7-9-20)17(2,3)4/h10-12H,5-9,19H2,1-4H3. The number of nitrogens with two attached hydrogens (primary N) is 1. The lowest BCUT2D eigenvalue weighted by molar-refractivity contribution is 0.199. The Balaban J connectivity index is 2.15. The summed E-state index contributed by atoms with van der Waals surface area (Å²) >= 11 is 0. The molecule has 0 aliphatic carbocycles. The molecule has 2 rings (SSSR count). The molecule has 1 aromatic rings. The topological polar surface area (TPSA) is 38.5 Å². The molecule has 0 spiro atoms. The fraction of sp³-hybridized carbons (Fsp3) is 0.647. The van der Waals surface area contributed by atoms with Crippen LogP contribution in [0, 0.1) is 17.2 Å². The quantitative estimate of drug-likeness (QED) is 0.854. The predicted octanol–water partition coefficient (Wildman–Crippen LogP) is 4.07. The lowest BCUT2D eigenvalue weighted by atomic mass is 9.75. The zero-order valence-electron chi connectivity index (χ0n) is 13.6. The number of anilines is 2. The third kappa shape index (κ3) is 3.60. The van der Waals surface area contributed by atoms with Crippen molar-refractivity contribution in [3.63, 3.8) is 0 Å². The molecule has 1 fully saturated rings. The summed E-state index contributed by atoms with van der Waals surface area (Å²) in [6.45, 7) is 11.1. The van der Waals surface area contributed by atoms with E-state index in [-0.39, 0.29) is 5.82 Å². The van der Waals surface area contributed by atoms with Gasteiger partial charge in [-0.15, -0.1) is 0 Å². The summed E-state index contributed by atoms with van der Waals surface area (Å²) < 4.78 is 19.1. The van der Waals surface area contributed by atoms with E-state index in [9.17, 15) is 4.39 Å². The first kappa shape index (κ1) is 15.9. The maximum absolute atomic E-state index is 13.8. The van der Waals surface area contributed by atoms with Crippen LogP contribution in [-0.2, 0) is 0 Å². The molecule has 0 saturated carbocycles. The molecular weight excluding hydrogens is 267 g/mol. The van der Waals surface area contributed by atoms with E-state index >= 15 is 0 Å². The third-order valence-electron chi connectivity index (χ3n) is 4.44. The highest BCUT2D eigenvalue weighted by Crippen LogP contribution is 2.38. The van der Waals surface area contributed by atoms with Gasteiger partial charge in [0.25, 0.3) is 0 Å². The molecule has 1 heterocycles. The fourth-order valence-electron chi connectivity index (χ4n) is 3.08. The highest BCUT2D eigenvalue weighted by Gasteiger charge is 2.29. The molecule has 0 unspecified atom stereocenters. The second-order valence-electron chi connectivity index (χ2n) is 6.90. The van der Waals surface area contributed by atoms with E-state index in [1.165, 1.54) is 6.07 Å². The van der Waals surface area contributed by atoms with Gasteiger partial charge < -0.3 is 15.4 Å². The number of halogens is 1. The van der Waals surface area contributed by atoms with Gasteiger partial charge in [0.15, 0.2) is 11.6 Å². The van der Waals surface area contributed by atoms with Crippen LogP contribution in [0.1, 0.15) is 40.5 Å². The summed E-state index contributed by atoms with van der Waals surface area (Å²) in [6.07, 6.45) is 2.29. The van der Waals surface area contributed by atoms with Crippen LogP contribution in [0.15, 0.2) is 12.1 Å². The number of ether oxygens (including phenoxy) is 1. The van der Waals surface area contributed by atoms with Crippen LogP contribution in [0.3, 0.4) is 0 Å². The third-order valence-corrected chi connectivity index (χ3v) is 4.44. The van der Waals surface area contributed by atoms with Gasteiger partial charge in [-0.05, 0) is 31.1 Å². The van der Waals surface area contributed by atoms with Crippen molar-refractivity contribution >= 4 is 11.4 Å². The molecule has 3 nitrogen and oxygen atoms in total. The largest absolute Gasteiger partial charge is 0.491 e. The first-order chi connectivity index (χ1) is 9.82. The zero-order valence-corrected chi connectivity index (χ0v) is 13.6. The van der Waals surface area contributed by atoms with Crippen molar-refractivity contribution in [2.75, 3.05) is 30.3 Å². The van der Waals surface area contributed by atoms with Crippen LogP contribution in [0.25, 0.3) is 0 Å². The molecule has 118 valence electrons. The molecular formula is C17H27FN2O. The fourth-order valence-corrected chi connectivity index (χ4v) is 3.08. The molecule has 1 aliphatic heterocycles. The number of benzene rings is 1. The number of rotatable bonds is 3. The summed E-state index contributed by atoms with van der Waals surface area (Å²) in [5, 5.41) is 0. The van der Waals surface area contributed by atoms with Gasteiger partial charge in [0, 0.05) is 25.2 Å². The first-order valence-electron chi connectivity index (χ1n) is 7.79. The zero-order chi connectivity index (χ0) is 15.6. The second kappa shape index (κ2) is 6.12. The van der Waals surface area contributed by atoms with Gasteiger partial charge in [-0.1, -0.05) is 20.8 Å². The van der Waals surface area contributed by atoms with E-state index < -0.39 is 0 Å². The molecule has 1 saturated heterocycles. The van der Waals surface area contributed by atoms with Crippen molar-refractivity contribution < 1.29 is 9.13 Å². The summed E-state index contributed by atoms with van der Waals surface area (Å²) in [7, 11) is 0. The molecule has 21 heavy (non-hydrogen) atoms. The molecule has 0 bridgehead atoms. The van der Waals surface area contributed by atoms with Gasteiger partial charge >= 0.3 is 0 Å². The van der Waals surface area contributed by atoms with Crippen molar-refractivity contribution in [2.24, 2.45) is 11.3 Å². The Bertz CT molecular complexity index is 488. The summed E-state index contributed by atoms with van der Waals surface area (Å²) in [4.78, 5) is 2.25. The Labute approximate surface area is 127 Å². The van der Waals surface area contributed by atoms with Crippen LogP contribution in [0.5, 0.6) is 5.75 Å². The molecule has 0 atom stereocenters. The summed E-state index contributed by atoms with van der Waals surface area (Å²) in [5.74, 6) is 0.629. The molecule has 0 radical (unpaired) electrons. The lowest BCUT2D eigenvalue weighted by Gasteiger charge is -2.40. The molecule has 0 aromatic heterocycles.